The summed E-state index contributed by atoms with van der Waals surface area (Å²) in [4.78, 5) is 0.240. The van der Waals surface area contributed by atoms with E-state index in [0.29, 0.717) is 6.42 Å². The Morgan fingerprint density at radius 2 is 1.77 bits per heavy atom. The molecule has 0 aliphatic rings. The van der Waals surface area contributed by atoms with Crippen molar-refractivity contribution in [3.63, 3.8) is 0 Å². The number of rotatable bonds is 10. The molecule has 0 spiro atoms. The highest BCUT2D eigenvalue weighted by Gasteiger charge is 2.29. The molecule has 0 bridgehead atoms. The van der Waals surface area contributed by atoms with E-state index in [1.807, 2.05) is 13.8 Å². The van der Waals surface area contributed by atoms with Crippen LogP contribution in [0.2, 0.25) is 0 Å². The van der Waals surface area contributed by atoms with Gasteiger partial charge in [0, 0.05) is 0 Å². The monoisotopic (exact) mass is 327 g/mol. The number of aliphatic hydroxyl groups excluding tert-OH is 1. The molecule has 1 rings (SSSR count). The average Bonchev–Trinajstić information content (AvgIpc) is 2.53. The van der Waals surface area contributed by atoms with Gasteiger partial charge in [-0.2, -0.15) is 0 Å². The Hall–Kier alpha value is -0.910. The summed E-state index contributed by atoms with van der Waals surface area (Å²) >= 11 is 0. The van der Waals surface area contributed by atoms with Gasteiger partial charge in [0.2, 0.25) is 10.0 Å². The SMILES string of the molecule is CCCCCC(O)[C@@H](NS(=O)(=O)c1ccccc1)[C@@H](C)CC. The number of hydrogen-bond acceptors (Lipinski definition) is 3. The van der Waals surface area contributed by atoms with Gasteiger partial charge in [0.25, 0.3) is 0 Å². The van der Waals surface area contributed by atoms with Crippen LogP contribution in [0.4, 0.5) is 0 Å². The molecule has 5 heteroatoms. The molecule has 22 heavy (non-hydrogen) atoms. The molecule has 2 N–H and O–H groups in total. The Morgan fingerprint density at radius 1 is 1.14 bits per heavy atom. The molecule has 0 saturated heterocycles. The van der Waals surface area contributed by atoms with Gasteiger partial charge in [0.05, 0.1) is 17.0 Å². The minimum atomic E-state index is -3.60. The normalized spacial score (nSPS) is 16.2. The first-order valence-electron chi connectivity index (χ1n) is 8.17. The van der Waals surface area contributed by atoms with Crippen molar-refractivity contribution in [1.29, 1.82) is 0 Å². The minimum absolute atomic E-state index is 0.0788. The quantitative estimate of drug-likeness (QED) is 0.648. The van der Waals surface area contributed by atoms with Crippen molar-refractivity contribution in [2.45, 2.75) is 69.9 Å². The number of aliphatic hydroxyl groups is 1. The van der Waals surface area contributed by atoms with E-state index in [4.69, 9.17) is 0 Å². The third-order valence-corrected chi connectivity index (χ3v) is 5.59. The van der Waals surface area contributed by atoms with E-state index in [1.54, 1.807) is 30.3 Å². The van der Waals surface area contributed by atoms with Crippen molar-refractivity contribution in [1.82, 2.24) is 4.72 Å². The van der Waals surface area contributed by atoms with E-state index in [1.165, 1.54) is 0 Å². The Labute approximate surface area is 135 Å². The van der Waals surface area contributed by atoms with Gasteiger partial charge in [-0.25, -0.2) is 13.1 Å². The first kappa shape index (κ1) is 19.1. The lowest BCUT2D eigenvalue weighted by Crippen LogP contribution is -2.47. The van der Waals surface area contributed by atoms with Crippen molar-refractivity contribution in [2.24, 2.45) is 5.92 Å². The molecule has 0 aromatic heterocycles. The maximum absolute atomic E-state index is 12.5. The molecule has 3 atom stereocenters. The molecular weight excluding hydrogens is 298 g/mol. The third kappa shape index (κ3) is 5.71. The molecule has 0 radical (unpaired) electrons. The van der Waals surface area contributed by atoms with Crippen LogP contribution in [-0.4, -0.2) is 25.7 Å². The minimum Gasteiger partial charge on any atom is -0.391 e. The summed E-state index contributed by atoms with van der Waals surface area (Å²) in [6.45, 7) is 6.09. The highest BCUT2D eigenvalue weighted by Crippen LogP contribution is 2.19. The molecule has 0 fully saturated rings. The topological polar surface area (TPSA) is 66.4 Å². The molecule has 0 saturated carbocycles. The molecular formula is C17H29NO3S. The Morgan fingerprint density at radius 3 is 2.32 bits per heavy atom. The van der Waals surface area contributed by atoms with Gasteiger partial charge in [-0.1, -0.05) is 64.7 Å². The molecule has 1 aromatic carbocycles. The van der Waals surface area contributed by atoms with Crippen molar-refractivity contribution < 1.29 is 13.5 Å². The summed E-state index contributed by atoms with van der Waals surface area (Å²) < 4.78 is 27.7. The first-order chi connectivity index (χ1) is 10.4. The van der Waals surface area contributed by atoms with Gasteiger partial charge in [-0.3, -0.25) is 0 Å². The van der Waals surface area contributed by atoms with E-state index < -0.39 is 22.2 Å². The summed E-state index contributed by atoms with van der Waals surface area (Å²) in [5, 5.41) is 10.4. The fraction of sp³-hybridized carbons (Fsp3) is 0.647. The van der Waals surface area contributed by atoms with Crippen molar-refractivity contribution >= 4 is 10.0 Å². The van der Waals surface area contributed by atoms with Crippen LogP contribution in [0.25, 0.3) is 0 Å². The lowest BCUT2D eigenvalue weighted by atomic mass is 9.92. The summed E-state index contributed by atoms with van der Waals surface area (Å²) in [6, 6.07) is 7.87. The smallest absolute Gasteiger partial charge is 0.240 e. The van der Waals surface area contributed by atoms with Crippen LogP contribution in [-0.2, 0) is 10.0 Å². The molecule has 0 aliphatic heterocycles. The van der Waals surface area contributed by atoms with Crippen LogP contribution >= 0.6 is 0 Å². The van der Waals surface area contributed by atoms with Gasteiger partial charge >= 0.3 is 0 Å². The van der Waals surface area contributed by atoms with Gasteiger partial charge in [0.15, 0.2) is 0 Å². The molecule has 0 heterocycles. The zero-order valence-electron chi connectivity index (χ0n) is 13.8. The number of sulfonamides is 1. The van der Waals surface area contributed by atoms with E-state index in [-0.39, 0.29) is 10.8 Å². The van der Waals surface area contributed by atoms with Crippen LogP contribution in [0.15, 0.2) is 35.2 Å². The van der Waals surface area contributed by atoms with Crippen molar-refractivity contribution in [3.8, 4) is 0 Å². The number of hydrogen-bond donors (Lipinski definition) is 2. The Bertz CT molecular complexity index is 516. The summed E-state index contributed by atoms with van der Waals surface area (Å²) in [5.74, 6) is 0.0788. The van der Waals surface area contributed by atoms with Crippen LogP contribution < -0.4 is 4.72 Å². The summed E-state index contributed by atoms with van der Waals surface area (Å²) in [6.07, 6.45) is 3.83. The zero-order chi connectivity index (χ0) is 16.6. The van der Waals surface area contributed by atoms with Gasteiger partial charge in [-0.15, -0.1) is 0 Å². The summed E-state index contributed by atoms with van der Waals surface area (Å²) in [7, 11) is -3.60. The van der Waals surface area contributed by atoms with Crippen LogP contribution in [0.3, 0.4) is 0 Å². The van der Waals surface area contributed by atoms with Crippen LogP contribution in [0.5, 0.6) is 0 Å². The number of nitrogens with one attached hydrogen (secondary N) is 1. The van der Waals surface area contributed by atoms with Crippen LogP contribution in [0, 0.1) is 5.92 Å². The first-order valence-corrected chi connectivity index (χ1v) is 9.66. The Balaban J connectivity index is 2.84. The molecule has 0 amide bonds. The van der Waals surface area contributed by atoms with E-state index in [9.17, 15) is 13.5 Å². The van der Waals surface area contributed by atoms with E-state index in [2.05, 4.69) is 11.6 Å². The Kier molecular flexibility index (Phi) is 8.07. The third-order valence-electron chi connectivity index (χ3n) is 4.12. The number of unbranched alkanes of at least 4 members (excludes halogenated alkanes) is 2. The van der Waals surface area contributed by atoms with Crippen molar-refractivity contribution in [3.05, 3.63) is 30.3 Å². The van der Waals surface area contributed by atoms with E-state index >= 15 is 0 Å². The molecule has 4 nitrogen and oxygen atoms in total. The zero-order valence-corrected chi connectivity index (χ0v) is 14.6. The highest BCUT2D eigenvalue weighted by atomic mass is 32.2. The lowest BCUT2D eigenvalue weighted by molar-refractivity contribution is 0.100. The predicted octanol–water partition coefficient (Wildman–Crippen LogP) is 3.32. The maximum atomic E-state index is 12.5. The second kappa shape index (κ2) is 9.28. The summed E-state index contributed by atoms with van der Waals surface area (Å²) in [5.41, 5.74) is 0. The fourth-order valence-corrected chi connectivity index (χ4v) is 3.86. The maximum Gasteiger partial charge on any atom is 0.240 e. The molecule has 0 aliphatic carbocycles. The lowest BCUT2D eigenvalue weighted by Gasteiger charge is -2.29. The standard InChI is InChI=1S/C17H29NO3S/c1-4-6-8-13-16(19)17(14(3)5-2)18-22(20,21)15-11-9-7-10-12-15/h7,9-12,14,16-19H,4-6,8,13H2,1-3H3/t14-,16?,17-/m0/s1. The van der Waals surface area contributed by atoms with Gasteiger partial charge in [0.1, 0.15) is 0 Å². The molecule has 126 valence electrons. The second-order valence-electron chi connectivity index (χ2n) is 5.91. The number of benzene rings is 1. The fourth-order valence-electron chi connectivity index (χ4n) is 2.46. The average molecular weight is 327 g/mol. The largest absolute Gasteiger partial charge is 0.391 e. The second-order valence-corrected chi connectivity index (χ2v) is 7.62. The van der Waals surface area contributed by atoms with Gasteiger partial charge < -0.3 is 5.11 Å². The van der Waals surface area contributed by atoms with Crippen LogP contribution in [0.1, 0.15) is 52.9 Å². The van der Waals surface area contributed by atoms with Crippen molar-refractivity contribution in [2.75, 3.05) is 0 Å². The predicted molar refractivity (Wildman–Crippen MR) is 90.2 cm³/mol. The molecule has 1 aromatic rings. The molecule has 1 unspecified atom stereocenters. The van der Waals surface area contributed by atoms with E-state index in [0.717, 1.165) is 25.7 Å². The van der Waals surface area contributed by atoms with Gasteiger partial charge in [-0.05, 0) is 24.5 Å². The highest BCUT2D eigenvalue weighted by molar-refractivity contribution is 7.89.